The number of likely N-dealkylation sites (tertiary alicyclic amines) is 1. The van der Waals surface area contributed by atoms with Crippen molar-refractivity contribution in [3.8, 4) is 17.2 Å². The van der Waals surface area contributed by atoms with Crippen molar-refractivity contribution in [1.82, 2.24) is 4.90 Å². The van der Waals surface area contributed by atoms with Crippen LogP contribution in [0.4, 0.5) is 5.69 Å². The number of rotatable bonds is 3. The number of hydrogen-bond donors (Lipinski definition) is 1. The Kier molecular flexibility index (Phi) is 4.94. The Labute approximate surface area is 174 Å². The molecule has 0 aliphatic carbocycles. The van der Waals surface area contributed by atoms with Crippen LogP contribution in [0, 0.1) is 0 Å². The van der Waals surface area contributed by atoms with Gasteiger partial charge in [0.1, 0.15) is 5.75 Å². The first-order valence-corrected chi connectivity index (χ1v) is 10.4. The maximum atomic E-state index is 13.1. The van der Waals surface area contributed by atoms with E-state index in [0.29, 0.717) is 31.2 Å². The lowest BCUT2D eigenvalue weighted by Crippen LogP contribution is -2.42. The summed E-state index contributed by atoms with van der Waals surface area (Å²) in [5, 5.41) is 2.82. The Balaban J connectivity index is 1.31. The molecule has 30 heavy (non-hydrogen) atoms. The molecule has 2 atom stereocenters. The van der Waals surface area contributed by atoms with Gasteiger partial charge < -0.3 is 24.4 Å². The number of fused-ring (bicyclic) bond motifs is 2. The Morgan fingerprint density at radius 1 is 1.03 bits per heavy atom. The van der Waals surface area contributed by atoms with Crippen molar-refractivity contribution < 1.29 is 23.8 Å². The molecule has 0 aromatic heterocycles. The number of nitrogens with zero attached hydrogens (tertiary/aromatic N) is 1. The van der Waals surface area contributed by atoms with Gasteiger partial charge in [0.15, 0.2) is 17.6 Å². The summed E-state index contributed by atoms with van der Waals surface area (Å²) in [7, 11) is 0. The molecule has 3 aliphatic heterocycles. The first-order chi connectivity index (χ1) is 14.7. The normalized spacial score (nSPS) is 22.5. The van der Waals surface area contributed by atoms with E-state index >= 15 is 0 Å². The van der Waals surface area contributed by atoms with Gasteiger partial charge in [0.05, 0.1) is 31.4 Å². The van der Waals surface area contributed by atoms with Gasteiger partial charge in [0, 0.05) is 13.0 Å². The summed E-state index contributed by atoms with van der Waals surface area (Å²) in [6, 6.07) is 13.1. The van der Waals surface area contributed by atoms with E-state index in [-0.39, 0.29) is 24.3 Å². The van der Waals surface area contributed by atoms with Crippen LogP contribution in [0.3, 0.4) is 0 Å². The van der Waals surface area contributed by atoms with Gasteiger partial charge in [0.2, 0.25) is 5.91 Å². The molecule has 2 aromatic rings. The van der Waals surface area contributed by atoms with Gasteiger partial charge in [-0.25, -0.2) is 0 Å². The molecule has 1 N–H and O–H groups in total. The zero-order valence-corrected chi connectivity index (χ0v) is 16.6. The van der Waals surface area contributed by atoms with E-state index in [1.165, 1.54) is 0 Å². The third-order valence-electron chi connectivity index (χ3n) is 5.80. The maximum Gasteiger partial charge on any atom is 0.266 e. The highest BCUT2D eigenvalue weighted by Gasteiger charge is 2.35. The van der Waals surface area contributed by atoms with E-state index in [9.17, 15) is 9.59 Å². The third-order valence-corrected chi connectivity index (χ3v) is 5.80. The molecule has 0 saturated carbocycles. The second kappa shape index (κ2) is 7.89. The van der Waals surface area contributed by atoms with E-state index < -0.39 is 6.10 Å². The molecular formula is C23H24N2O5. The highest BCUT2D eigenvalue weighted by molar-refractivity contribution is 6.00. The summed E-state index contributed by atoms with van der Waals surface area (Å²) >= 11 is 0. The molecular weight excluding hydrogens is 384 g/mol. The number of hydrogen-bond acceptors (Lipinski definition) is 5. The van der Waals surface area contributed by atoms with Crippen LogP contribution in [0.1, 0.15) is 37.3 Å². The van der Waals surface area contributed by atoms with Gasteiger partial charge in [-0.3, -0.25) is 9.59 Å². The summed E-state index contributed by atoms with van der Waals surface area (Å²) in [6.07, 6.45) is 1.85. The number of carbonyl (C=O) groups excluding carboxylic acids is 2. The van der Waals surface area contributed by atoms with Crippen LogP contribution in [0.15, 0.2) is 42.5 Å². The fraction of sp³-hybridized carbons (Fsp3) is 0.391. The van der Waals surface area contributed by atoms with Crippen molar-refractivity contribution in [3.05, 3.63) is 48.0 Å². The lowest BCUT2D eigenvalue weighted by molar-refractivity contribution is -0.137. The summed E-state index contributed by atoms with van der Waals surface area (Å²) in [4.78, 5) is 27.4. The summed E-state index contributed by atoms with van der Waals surface area (Å²) in [6.45, 7) is 1.94. The van der Waals surface area contributed by atoms with Crippen molar-refractivity contribution in [2.45, 2.75) is 37.8 Å². The number of carbonyl (C=O) groups is 2. The van der Waals surface area contributed by atoms with Crippen molar-refractivity contribution >= 4 is 17.5 Å². The molecule has 0 bridgehead atoms. The molecule has 3 aliphatic rings. The number of anilines is 1. The molecule has 7 heteroatoms. The summed E-state index contributed by atoms with van der Waals surface area (Å²) < 4.78 is 17.3. The standard InChI is InChI=1S/C23H24N2O5/c26-22(14-21-23(27)24-16-5-1-2-7-18(16)30-21)25-10-3-6-17(25)15-8-9-19-20(13-15)29-12-4-11-28-19/h1-2,5,7-9,13,17,21H,3-4,6,10-12,14H2,(H,24,27). The lowest BCUT2D eigenvalue weighted by atomic mass is 10.0. The van der Waals surface area contributed by atoms with Crippen molar-refractivity contribution in [3.63, 3.8) is 0 Å². The zero-order valence-electron chi connectivity index (χ0n) is 16.6. The molecule has 156 valence electrons. The summed E-state index contributed by atoms with van der Waals surface area (Å²) in [5.74, 6) is 1.71. The highest BCUT2D eigenvalue weighted by Crippen LogP contribution is 2.38. The topological polar surface area (TPSA) is 77.1 Å². The maximum absolute atomic E-state index is 13.1. The molecule has 1 saturated heterocycles. The number of benzene rings is 2. The van der Waals surface area contributed by atoms with E-state index in [4.69, 9.17) is 14.2 Å². The second-order valence-electron chi connectivity index (χ2n) is 7.80. The van der Waals surface area contributed by atoms with Crippen LogP contribution in [0.2, 0.25) is 0 Å². The largest absolute Gasteiger partial charge is 0.490 e. The number of ether oxygens (including phenoxy) is 3. The van der Waals surface area contributed by atoms with Crippen LogP contribution in [0.25, 0.3) is 0 Å². The number of para-hydroxylation sites is 2. The van der Waals surface area contributed by atoms with Crippen molar-refractivity contribution in [2.24, 2.45) is 0 Å². The smallest absolute Gasteiger partial charge is 0.266 e. The Bertz CT molecular complexity index is 976. The quantitative estimate of drug-likeness (QED) is 0.843. The van der Waals surface area contributed by atoms with E-state index in [2.05, 4.69) is 5.32 Å². The Morgan fingerprint density at radius 2 is 1.87 bits per heavy atom. The monoisotopic (exact) mass is 408 g/mol. The van der Waals surface area contributed by atoms with Gasteiger partial charge in [0.25, 0.3) is 5.91 Å². The number of nitrogens with one attached hydrogen (secondary N) is 1. The van der Waals surface area contributed by atoms with Gasteiger partial charge in [-0.15, -0.1) is 0 Å². The number of amides is 2. The van der Waals surface area contributed by atoms with Crippen LogP contribution in [-0.2, 0) is 9.59 Å². The average Bonchev–Trinajstić information content (AvgIpc) is 3.13. The van der Waals surface area contributed by atoms with Crippen LogP contribution < -0.4 is 19.5 Å². The second-order valence-corrected chi connectivity index (χ2v) is 7.80. The van der Waals surface area contributed by atoms with Crippen molar-refractivity contribution in [1.29, 1.82) is 0 Å². The van der Waals surface area contributed by atoms with E-state index in [1.54, 1.807) is 12.1 Å². The van der Waals surface area contributed by atoms with E-state index in [1.807, 2.05) is 35.2 Å². The molecule has 0 radical (unpaired) electrons. The minimum atomic E-state index is -0.822. The molecule has 5 rings (SSSR count). The molecule has 1 fully saturated rings. The Morgan fingerprint density at radius 3 is 2.77 bits per heavy atom. The SMILES string of the molecule is O=C1Nc2ccccc2OC1CC(=O)N1CCCC1c1ccc2c(c1)OCCCO2. The molecule has 2 amide bonds. The fourth-order valence-corrected chi connectivity index (χ4v) is 4.30. The fourth-order valence-electron chi connectivity index (χ4n) is 4.30. The first kappa shape index (κ1) is 18.8. The van der Waals surface area contributed by atoms with Crippen LogP contribution in [0.5, 0.6) is 17.2 Å². The van der Waals surface area contributed by atoms with Crippen LogP contribution in [-0.4, -0.2) is 42.6 Å². The molecule has 2 aromatic carbocycles. The van der Waals surface area contributed by atoms with Gasteiger partial charge in [-0.2, -0.15) is 0 Å². The summed E-state index contributed by atoms with van der Waals surface area (Å²) in [5.41, 5.74) is 1.67. The van der Waals surface area contributed by atoms with Crippen LogP contribution >= 0.6 is 0 Å². The third kappa shape index (κ3) is 3.56. The predicted octanol–water partition coefficient (Wildman–Crippen LogP) is 3.30. The van der Waals surface area contributed by atoms with Gasteiger partial charge >= 0.3 is 0 Å². The highest BCUT2D eigenvalue weighted by atomic mass is 16.5. The zero-order chi connectivity index (χ0) is 20.5. The average molecular weight is 408 g/mol. The molecule has 7 nitrogen and oxygen atoms in total. The molecule has 3 heterocycles. The predicted molar refractivity (Wildman–Crippen MR) is 110 cm³/mol. The molecule has 2 unspecified atom stereocenters. The van der Waals surface area contributed by atoms with Crippen molar-refractivity contribution in [2.75, 3.05) is 25.1 Å². The minimum Gasteiger partial charge on any atom is -0.490 e. The van der Waals surface area contributed by atoms with E-state index in [0.717, 1.165) is 36.3 Å². The lowest BCUT2D eigenvalue weighted by Gasteiger charge is -2.29. The minimum absolute atomic E-state index is 0.0151. The molecule has 0 spiro atoms. The first-order valence-electron chi connectivity index (χ1n) is 10.4. The van der Waals surface area contributed by atoms with Gasteiger partial charge in [-0.1, -0.05) is 18.2 Å². The Hall–Kier alpha value is -3.22. The van der Waals surface area contributed by atoms with Gasteiger partial charge in [-0.05, 0) is 42.7 Å².